The van der Waals surface area contributed by atoms with E-state index in [1.54, 1.807) is 11.1 Å². The summed E-state index contributed by atoms with van der Waals surface area (Å²) in [7, 11) is 0. The molecule has 0 atom stereocenters. The Bertz CT molecular complexity index is 611. The van der Waals surface area contributed by atoms with Gasteiger partial charge in [-0.15, -0.1) is 0 Å². The minimum absolute atomic E-state index is 0.241. The van der Waals surface area contributed by atoms with Crippen molar-refractivity contribution in [1.82, 2.24) is 9.88 Å². The summed E-state index contributed by atoms with van der Waals surface area (Å²) in [6, 6.07) is 3.86. The molecule has 1 aliphatic heterocycles. The first kappa shape index (κ1) is 15.0. The molecule has 0 radical (unpaired) electrons. The Balaban J connectivity index is 1.74. The van der Waals surface area contributed by atoms with Crippen LogP contribution in [0.25, 0.3) is 0 Å². The monoisotopic (exact) mass is 302 g/mol. The number of ketones is 1. The molecule has 0 unspecified atom stereocenters. The highest BCUT2D eigenvalue weighted by Gasteiger charge is 2.49. The van der Waals surface area contributed by atoms with E-state index in [9.17, 15) is 9.59 Å². The van der Waals surface area contributed by atoms with E-state index in [1.807, 2.05) is 32.9 Å². The third-order valence-electron chi connectivity index (χ3n) is 4.50. The second kappa shape index (κ2) is 5.07. The number of Topliss-reactive ketones (excluding diaryl/α,β-unsaturated/α-hetero) is 1. The molecule has 1 aromatic heterocycles. The smallest absolute Gasteiger partial charge is 0.410 e. The van der Waals surface area contributed by atoms with Crippen LogP contribution in [-0.4, -0.2) is 40.5 Å². The van der Waals surface area contributed by atoms with Crippen LogP contribution in [0.2, 0.25) is 0 Å². The Morgan fingerprint density at radius 1 is 1.32 bits per heavy atom. The lowest BCUT2D eigenvalue weighted by Crippen LogP contribution is -2.49. The van der Waals surface area contributed by atoms with Gasteiger partial charge in [0.25, 0.3) is 0 Å². The first-order chi connectivity index (χ1) is 10.3. The molecule has 1 fully saturated rings. The fourth-order valence-corrected chi connectivity index (χ4v) is 3.40. The van der Waals surface area contributed by atoms with Gasteiger partial charge in [-0.05, 0) is 45.2 Å². The van der Waals surface area contributed by atoms with Crippen LogP contribution >= 0.6 is 0 Å². The van der Waals surface area contributed by atoms with Crippen LogP contribution in [0.5, 0.6) is 0 Å². The number of hydrogen-bond donors (Lipinski definition) is 0. The Morgan fingerprint density at radius 3 is 2.64 bits per heavy atom. The minimum Gasteiger partial charge on any atom is -0.444 e. The second-order valence-electron chi connectivity index (χ2n) is 7.16. The summed E-state index contributed by atoms with van der Waals surface area (Å²) >= 11 is 0. The summed E-state index contributed by atoms with van der Waals surface area (Å²) in [4.78, 5) is 30.8. The molecular formula is C17H22N2O3. The van der Waals surface area contributed by atoms with Crippen molar-refractivity contribution in [2.45, 2.75) is 51.0 Å². The standard InChI is InChI=1S/C17H22N2O3/c1-16(2,3)22-15(21)19-9-6-17(7-10-19)13(20)11-12-5-4-8-18-14(12)17/h4-5,8H,6-7,9-11H2,1-3H3. The molecule has 3 rings (SSSR count). The number of hydrogen-bond acceptors (Lipinski definition) is 4. The van der Waals surface area contributed by atoms with Gasteiger partial charge in [0.05, 0.1) is 11.1 Å². The summed E-state index contributed by atoms with van der Waals surface area (Å²) in [5.74, 6) is 0.241. The number of nitrogens with zero attached hydrogens (tertiary/aromatic N) is 2. The quantitative estimate of drug-likeness (QED) is 0.738. The van der Waals surface area contributed by atoms with Crippen LogP contribution in [-0.2, 0) is 21.4 Å². The molecule has 2 aliphatic rings. The summed E-state index contributed by atoms with van der Waals surface area (Å²) in [5.41, 5.74) is 0.973. The lowest BCUT2D eigenvalue weighted by Gasteiger charge is -2.38. The highest BCUT2D eigenvalue weighted by Crippen LogP contribution is 2.42. The zero-order chi connectivity index (χ0) is 16.0. The van der Waals surface area contributed by atoms with Gasteiger partial charge in [0.1, 0.15) is 11.4 Å². The van der Waals surface area contributed by atoms with E-state index in [4.69, 9.17) is 4.74 Å². The van der Waals surface area contributed by atoms with Gasteiger partial charge in [0.2, 0.25) is 0 Å². The fourth-order valence-electron chi connectivity index (χ4n) is 3.40. The third kappa shape index (κ3) is 2.49. The molecule has 0 N–H and O–H groups in total. The maximum absolute atomic E-state index is 12.5. The van der Waals surface area contributed by atoms with Crippen LogP contribution in [0.3, 0.4) is 0 Å². The lowest BCUT2D eigenvalue weighted by atomic mass is 9.75. The zero-order valence-corrected chi connectivity index (χ0v) is 13.4. The molecule has 0 saturated carbocycles. The zero-order valence-electron chi connectivity index (χ0n) is 13.4. The van der Waals surface area contributed by atoms with Gasteiger partial charge >= 0.3 is 6.09 Å². The number of pyridine rings is 1. The molecule has 5 heteroatoms. The van der Waals surface area contributed by atoms with E-state index in [0.717, 1.165) is 11.3 Å². The molecule has 118 valence electrons. The lowest BCUT2D eigenvalue weighted by molar-refractivity contribution is -0.124. The third-order valence-corrected chi connectivity index (χ3v) is 4.50. The van der Waals surface area contributed by atoms with Crippen molar-refractivity contribution in [3.05, 3.63) is 29.6 Å². The number of likely N-dealkylation sites (tertiary alicyclic amines) is 1. The van der Waals surface area contributed by atoms with Gasteiger partial charge in [-0.3, -0.25) is 9.78 Å². The van der Waals surface area contributed by atoms with Gasteiger partial charge in [-0.25, -0.2) is 4.79 Å². The molecule has 1 saturated heterocycles. The van der Waals surface area contributed by atoms with Crippen molar-refractivity contribution < 1.29 is 14.3 Å². The summed E-state index contributed by atoms with van der Waals surface area (Å²) in [6.07, 6.45) is 3.19. The number of piperidine rings is 1. The van der Waals surface area contributed by atoms with Crippen molar-refractivity contribution in [3.63, 3.8) is 0 Å². The molecule has 22 heavy (non-hydrogen) atoms. The predicted octanol–water partition coefficient (Wildman–Crippen LogP) is 2.48. The maximum atomic E-state index is 12.5. The Hall–Kier alpha value is -1.91. The summed E-state index contributed by atoms with van der Waals surface area (Å²) in [5, 5.41) is 0. The van der Waals surface area contributed by atoms with Crippen LogP contribution in [0.15, 0.2) is 18.3 Å². The molecule has 0 bridgehead atoms. The molecule has 1 aliphatic carbocycles. The van der Waals surface area contributed by atoms with Gasteiger partial charge in [0.15, 0.2) is 0 Å². The van der Waals surface area contributed by atoms with Crippen molar-refractivity contribution in [2.75, 3.05) is 13.1 Å². The van der Waals surface area contributed by atoms with E-state index in [0.29, 0.717) is 32.4 Å². The number of amides is 1. The summed E-state index contributed by atoms with van der Waals surface area (Å²) < 4.78 is 5.41. The van der Waals surface area contributed by atoms with Crippen LogP contribution < -0.4 is 0 Å². The highest BCUT2D eigenvalue weighted by molar-refractivity contribution is 5.96. The second-order valence-corrected chi connectivity index (χ2v) is 7.16. The average Bonchev–Trinajstić information content (AvgIpc) is 2.71. The number of aromatic nitrogens is 1. The molecule has 1 spiro atoms. The molecule has 5 nitrogen and oxygen atoms in total. The average molecular weight is 302 g/mol. The van der Waals surface area contributed by atoms with Crippen molar-refractivity contribution in [2.24, 2.45) is 0 Å². The molecular weight excluding hydrogens is 280 g/mol. The summed E-state index contributed by atoms with van der Waals surface area (Å²) in [6.45, 7) is 6.65. The molecule has 0 aromatic carbocycles. The number of fused-ring (bicyclic) bond motifs is 2. The predicted molar refractivity (Wildman–Crippen MR) is 81.7 cm³/mol. The van der Waals surface area contributed by atoms with Crippen molar-refractivity contribution >= 4 is 11.9 Å². The van der Waals surface area contributed by atoms with Crippen LogP contribution in [0.1, 0.15) is 44.9 Å². The van der Waals surface area contributed by atoms with Gasteiger partial charge in [-0.2, -0.15) is 0 Å². The minimum atomic E-state index is -0.496. The van der Waals surface area contributed by atoms with Gasteiger partial charge in [-0.1, -0.05) is 6.07 Å². The molecule has 1 amide bonds. The SMILES string of the molecule is CC(C)(C)OC(=O)N1CCC2(CC1)C(=O)Cc1cccnc12. The van der Waals surface area contributed by atoms with E-state index in [-0.39, 0.29) is 11.9 Å². The van der Waals surface area contributed by atoms with E-state index >= 15 is 0 Å². The van der Waals surface area contributed by atoms with Crippen LogP contribution in [0, 0.1) is 0 Å². The Labute approximate surface area is 130 Å². The molecule has 1 aromatic rings. The largest absolute Gasteiger partial charge is 0.444 e. The van der Waals surface area contributed by atoms with Crippen LogP contribution in [0.4, 0.5) is 4.79 Å². The van der Waals surface area contributed by atoms with Crippen molar-refractivity contribution in [3.8, 4) is 0 Å². The fraction of sp³-hybridized carbons (Fsp3) is 0.588. The number of carbonyl (C=O) groups is 2. The number of rotatable bonds is 0. The Morgan fingerprint density at radius 2 is 2.00 bits per heavy atom. The maximum Gasteiger partial charge on any atom is 0.410 e. The van der Waals surface area contributed by atoms with E-state index in [2.05, 4.69) is 4.98 Å². The van der Waals surface area contributed by atoms with Gasteiger partial charge in [0, 0.05) is 25.7 Å². The van der Waals surface area contributed by atoms with Gasteiger partial charge < -0.3 is 9.64 Å². The van der Waals surface area contributed by atoms with E-state index < -0.39 is 11.0 Å². The van der Waals surface area contributed by atoms with E-state index in [1.165, 1.54) is 0 Å². The first-order valence-electron chi connectivity index (χ1n) is 7.77. The van der Waals surface area contributed by atoms with Crippen molar-refractivity contribution in [1.29, 1.82) is 0 Å². The number of carbonyl (C=O) groups excluding carboxylic acids is 2. The first-order valence-corrected chi connectivity index (χ1v) is 7.77. The Kier molecular flexibility index (Phi) is 3.46. The highest BCUT2D eigenvalue weighted by atomic mass is 16.6. The molecule has 2 heterocycles. The normalized spacial score (nSPS) is 20.1. The topological polar surface area (TPSA) is 59.5 Å². The number of ether oxygens (including phenoxy) is 1.